The molecule has 1 saturated heterocycles. The van der Waals surface area contributed by atoms with Gasteiger partial charge in [-0.15, -0.1) is 0 Å². The quantitative estimate of drug-likeness (QED) is 0.524. The van der Waals surface area contributed by atoms with Gasteiger partial charge in [0.2, 0.25) is 11.8 Å². The van der Waals surface area contributed by atoms with E-state index in [1.54, 1.807) is 0 Å². The number of hydrogen-bond donors (Lipinski definition) is 3. The number of likely N-dealkylation sites (N-methyl/N-ethyl adjacent to an activating group) is 1. The maximum Gasteiger partial charge on any atom is 0.319 e. The van der Waals surface area contributed by atoms with Crippen LogP contribution in [-0.2, 0) is 9.59 Å². The first-order valence-electron chi connectivity index (χ1n) is 7.72. The molecule has 10 nitrogen and oxygen atoms in total. The summed E-state index contributed by atoms with van der Waals surface area (Å²) in [5.41, 5.74) is 0.0860. The third kappa shape index (κ3) is 4.66. The van der Waals surface area contributed by atoms with Crippen molar-refractivity contribution >= 4 is 29.2 Å². The number of urea groups is 1. The van der Waals surface area contributed by atoms with Crippen molar-refractivity contribution in [1.82, 2.24) is 15.5 Å². The van der Waals surface area contributed by atoms with Crippen LogP contribution >= 0.6 is 0 Å². The van der Waals surface area contributed by atoms with Crippen molar-refractivity contribution in [3.05, 3.63) is 34.4 Å². The summed E-state index contributed by atoms with van der Waals surface area (Å²) in [6, 6.07) is 4.28. The van der Waals surface area contributed by atoms with E-state index in [-0.39, 0.29) is 29.7 Å². The summed E-state index contributed by atoms with van der Waals surface area (Å²) >= 11 is 0. The molecule has 0 unspecified atom stereocenters. The fourth-order valence-corrected chi connectivity index (χ4v) is 2.63. The van der Waals surface area contributed by atoms with Gasteiger partial charge in [-0.25, -0.2) is 4.79 Å². The SMILES string of the molecule is CNC(=O)[C@@H]1CCCN1C(=O)CNC(=O)Nc1cccc([N+](=O)[O-])c1. The Morgan fingerprint density at radius 1 is 1.36 bits per heavy atom. The van der Waals surface area contributed by atoms with E-state index in [4.69, 9.17) is 0 Å². The number of nitro benzene ring substituents is 1. The minimum Gasteiger partial charge on any atom is -0.357 e. The molecule has 1 aromatic carbocycles. The lowest BCUT2D eigenvalue weighted by Crippen LogP contribution is -2.48. The third-order valence-electron chi connectivity index (χ3n) is 3.84. The fraction of sp³-hybridized carbons (Fsp3) is 0.400. The van der Waals surface area contributed by atoms with E-state index in [0.29, 0.717) is 13.0 Å². The van der Waals surface area contributed by atoms with Crippen molar-refractivity contribution in [2.45, 2.75) is 18.9 Å². The summed E-state index contributed by atoms with van der Waals surface area (Å²) < 4.78 is 0. The van der Waals surface area contributed by atoms with Gasteiger partial charge in [-0.2, -0.15) is 0 Å². The van der Waals surface area contributed by atoms with Crippen LogP contribution in [-0.4, -0.2) is 53.8 Å². The Bertz CT molecular complexity index is 693. The minimum atomic E-state index is -0.662. The molecule has 0 aliphatic carbocycles. The average Bonchev–Trinajstić information content (AvgIpc) is 3.09. The van der Waals surface area contributed by atoms with Gasteiger partial charge in [-0.05, 0) is 18.9 Å². The van der Waals surface area contributed by atoms with Crippen LogP contribution in [0.5, 0.6) is 0 Å². The summed E-state index contributed by atoms with van der Waals surface area (Å²) in [6.45, 7) is 0.194. The number of rotatable bonds is 5. The van der Waals surface area contributed by atoms with Crippen LogP contribution in [0.2, 0.25) is 0 Å². The molecular weight excluding hydrogens is 330 g/mol. The highest BCUT2D eigenvalue weighted by molar-refractivity contribution is 5.94. The monoisotopic (exact) mass is 349 g/mol. The van der Waals surface area contributed by atoms with Gasteiger partial charge < -0.3 is 20.9 Å². The summed E-state index contributed by atoms with van der Waals surface area (Å²) in [7, 11) is 1.51. The highest BCUT2D eigenvalue weighted by atomic mass is 16.6. The Labute approximate surface area is 143 Å². The zero-order valence-electron chi connectivity index (χ0n) is 13.7. The number of anilines is 1. The number of amides is 4. The normalized spacial score (nSPS) is 16.2. The molecular formula is C15H19N5O5. The molecule has 1 heterocycles. The summed E-state index contributed by atoms with van der Waals surface area (Å²) in [5.74, 6) is -0.591. The molecule has 0 spiro atoms. The van der Waals surface area contributed by atoms with E-state index >= 15 is 0 Å². The lowest BCUT2D eigenvalue weighted by Gasteiger charge is -2.23. The highest BCUT2D eigenvalue weighted by Gasteiger charge is 2.33. The Morgan fingerprint density at radius 3 is 2.80 bits per heavy atom. The summed E-state index contributed by atoms with van der Waals surface area (Å²) in [5, 5.41) is 18.0. The molecule has 0 saturated carbocycles. The molecule has 0 bridgehead atoms. The Kier molecular flexibility index (Phi) is 5.88. The number of carbonyl (C=O) groups excluding carboxylic acids is 3. The van der Waals surface area contributed by atoms with Crippen molar-refractivity contribution < 1.29 is 19.3 Å². The van der Waals surface area contributed by atoms with Gasteiger partial charge in [-0.3, -0.25) is 19.7 Å². The van der Waals surface area contributed by atoms with Crippen LogP contribution in [0.4, 0.5) is 16.2 Å². The molecule has 25 heavy (non-hydrogen) atoms. The van der Waals surface area contributed by atoms with E-state index in [1.807, 2.05) is 0 Å². The molecule has 1 fully saturated rings. The van der Waals surface area contributed by atoms with E-state index in [0.717, 1.165) is 6.42 Å². The molecule has 0 aromatic heterocycles. The molecule has 2 rings (SSSR count). The Hall–Kier alpha value is -3.17. The van der Waals surface area contributed by atoms with Crippen LogP contribution < -0.4 is 16.0 Å². The van der Waals surface area contributed by atoms with Crippen molar-refractivity contribution in [3.8, 4) is 0 Å². The molecule has 4 amide bonds. The van der Waals surface area contributed by atoms with Gasteiger partial charge in [0.25, 0.3) is 5.69 Å². The van der Waals surface area contributed by atoms with Crippen LogP contribution in [0.1, 0.15) is 12.8 Å². The van der Waals surface area contributed by atoms with E-state index in [2.05, 4.69) is 16.0 Å². The zero-order chi connectivity index (χ0) is 18.4. The van der Waals surface area contributed by atoms with Crippen LogP contribution in [0.3, 0.4) is 0 Å². The number of nitrogens with one attached hydrogen (secondary N) is 3. The number of benzene rings is 1. The number of hydrogen-bond acceptors (Lipinski definition) is 5. The Morgan fingerprint density at radius 2 is 2.12 bits per heavy atom. The second-order valence-corrected chi connectivity index (χ2v) is 5.47. The number of nitro groups is 1. The molecule has 1 atom stereocenters. The topological polar surface area (TPSA) is 134 Å². The minimum absolute atomic E-state index is 0.153. The summed E-state index contributed by atoms with van der Waals surface area (Å²) in [6.07, 6.45) is 1.31. The van der Waals surface area contributed by atoms with Crippen LogP contribution in [0, 0.1) is 10.1 Å². The smallest absolute Gasteiger partial charge is 0.319 e. The average molecular weight is 349 g/mol. The van der Waals surface area contributed by atoms with Gasteiger partial charge in [0.1, 0.15) is 6.04 Å². The van der Waals surface area contributed by atoms with Crippen molar-refractivity contribution in [2.75, 3.05) is 25.5 Å². The predicted octanol–water partition coefficient (Wildman–Crippen LogP) is 0.453. The standard InChI is InChI=1S/C15H19N5O5/c1-16-14(22)12-6-3-7-19(12)13(21)9-17-15(23)18-10-4-2-5-11(8-10)20(24)25/h2,4-5,8,12H,3,6-7,9H2,1H3,(H,16,22)(H2,17,18,23)/t12-/m0/s1. The van der Waals surface area contributed by atoms with Crippen molar-refractivity contribution in [2.24, 2.45) is 0 Å². The number of nitrogens with zero attached hydrogens (tertiary/aromatic N) is 2. The molecule has 0 radical (unpaired) electrons. The summed E-state index contributed by atoms with van der Waals surface area (Å²) in [4.78, 5) is 47.3. The van der Waals surface area contributed by atoms with E-state index in [1.165, 1.54) is 36.2 Å². The molecule has 3 N–H and O–H groups in total. The van der Waals surface area contributed by atoms with Crippen molar-refractivity contribution in [3.63, 3.8) is 0 Å². The zero-order valence-corrected chi connectivity index (χ0v) is 13.7. The lowest BCUT2D eigenvalue weighted by atomic mass is 10.2. The lowest BCUT2D eigenvalue weighted by molar-refractivity contribution is -0.384. The first-order chi connectivity index (χ1) is 11.9. The Balaban J connectivity index is 1.87. The molecule has 1 aliphatic rings. The maximum atomic E-state index is 12.2. The second kappa shape index (κ2) is 8.08. The van der Waals surface area contributed by atoms with E-state index in [9.17, 15) is 24.5 Å². The maximum absolute atomic E-state index is 12.2. The second-order valence-electron chi connectivity index (χ2n) is 5.47. The molecule has 1 aliphatic heterocycles. The van der Waals surface area contributed by atoms with Gasteiger partial charge in [0.15, 0.2) is 0 Å². The first-order valence-corrected chi connectivity index (χ1v) is 7.72. The highest BCUT2D eigenvalue weighted by Crippen LogP contribution is 2.18. The van der Waals surface area contributed by atoms with Crippen LogP contribution in [0.15, 0.2) is 24.3 Å². The third-order valence-corrected chi connectivity index (χ3v) is 3.84. The largest absolute Gasteiger partial charge is 0.357 e. The fourth-order valence-electron chi connectivity index (χ4n) is 2.63. The molecule has 10 heteroatoms. The van der Waals surface area contributed by atoms with Crippen molar-refractivity contribution in [1.29, 1.82) is 0 Å². The number of likely N-dealkylation sites (tertiary alicyclic amines) is 1. The number of non-ortho nitro benzene ring substituents is 1. The van der Waals surface area contributed by atoms with Gasteiger partial charge >= 0.3 is 6.03 Å². The van der Waals surface area contributed by atoms with E-state index < -0.39 is 17.0 Å². The molecule has 134 valence electrons. The van der Waals surface area contributed by atoms with Gasteiger partial charge in [0, 0.05) is 31.4 Å². The van der Waals surface area contributed by atoms with Crippen LogP contribution in [0.25, 0.3) is 0 Å². The number of carbonyl (C=O) groups is 3. The first kappa shape index (κ1) is 18.2. The van der Waals surface area contributed by atoms with Gasteiger partial charge in [-0.1, -0.05) is 6.07 Å². The predicted molar refractivity (Wildman–Crippen MR) is 88.9 cm³/mol. The molecule has 1 aromatic rings. The van der Waals surface area contributed by atoms with Gasteiger partial charge in [0.05, 0.1) is 11.5 Å².